The largest absolute Gasteiger partial charge is 0.328 e. The molecular weight excluding hydrogens is 350 g/mol. The molecule has 28 heavy (non-hydrogen) atoms. The number of carbonyl (C=O) groups excluding carboxylic acids is 1. The zero-order valence-electron chi connectivity index (χ0n) is 15.7. The molecule has 1 unspecified atom stereocenters. The molecule has 2 aliphatic rings. The summed E-state index contributed by atoms with van der Waals surface area (Å²) in [6.07, 6.45) is 6.59. The van der Waals surface area contributed by atoms with Gasteiger partial charge in [-0.2, -0.15) is 5.10 Å². The van der Waals surface area contributed by atoms with Crippen molar-refractivity contribution in [2.75, 3.05) is 19.6 Å². The molecule has 6 nitrogen and oxygen atoms in total. The van der Waals surface area contributed by atoms with Crippen LogP contribution in [0.3, 0.4) is 0 Å². The maximum absolute atomic E-state index is 13.6. The first-order chi connectivity index (χ1) is 13.8. The Hall–Kier alpha value is -2.99. The number of hydrogen-bond donors (Lipinski definition) is 1. The zero-order valence-corrected chi connectivity index (χ0v) is 15.7. The second-order valence-electron chi connectivity index (χ2n) is 7.38. The summed E-state index contributed by atoms with van der Waals surface area (Å²) in [6.45, 7) is 2.20. The van der Waals surface area contributed by atoms with Crippen molar-refractivity contribution in [2.24, 2.45) is 0 Å². The van der Waals surface area contributed by atoms with Gasteiger partial charge in [-0.25, -0.2) is 4.68 Å². The van der Waals surface area contributed by atoms with Crippen molar-refractivity contribution in [3.8, 4) is 5.69 Å². The number of fused-ring (bicyclic) bond motifs is 1. The highest BCUT2D eigenvalue weighted by Gasteiger charge is 2.34. The molecule has 1 N–H and O–H groups in total. The van der Waals surface area contributed by atoms with Gasteiger partial charge in [-0.3, -0.25) is 9.78 Å². The highest BCUT2D eigenvalue weighted by Crippen LogP contribution is 2.31. The third-order valence-electron chi connectivity index (χ3n) is 5.71. The van der Waals surface area contributed by atoms with E-state index in [1.54, 1.807) is 6.20 Å². The van der Waals surface area contributed by atoms with Crippen LogP contribution in [-0.4, -0.2) is 45.2 Å². The van der Waals surface area contributed by atoms with Gasteiger partial charge >= 0.3 is 0 Å². The Morgan fingerprint density at radius 3 is 2.82 bits per heavy atom. The van der Waals surface area contributed by atoms with Crippen LogP contribution in [0.25, 0.3) is 5.69 Å². The van der Waals surface area contributed by atoms with E-state index in [9.17, 15) is 4.79 Å². The van der Waals surface area contributed by atoms with Crippen molar-refractivity contribution in [2.45, 2.75) is 25.3 Å². The molecule has 1 amide bonds. The number of benzene rings is 1. The van der Waals surface area contributed by atoms with Crippen molar-refractivity contribution in [3.05, 3.63) is 77.4 Å². The van der Waals surface area contributed by atoms with Gasteiger partial charge in [0.2, 0.25) is 0 Å². The van der Waals surface area contributed by atoms with E-state index in [0.29, 0.717) is 12.2 Å². The number of nitrogens with one attached hydrogen (secondary N) is 1. The van der Waals surface area contributed by atoms with Gasteiger partial charge in [0.1, 0.15) is 0 Å². The molecule has 0 radical (unpaired) electrons. The minimum absolute atomic E-state index is 0.0196. The number of rotatable bonds is 3. The maximum Gasteiger partial charge on any atom is 0.275 e. The van der Waals surface area contributed by atoms with E-state index < -0.39 is 0 Å². The van der Waals surface area contributed by atoms with Gasteiger partial charge in [-0.05, 0) is 43.0 Å². The molecular formula is C22H23N5O. The van der Waals surface area contributed by atoms with Crippen LogP contribution in [0.2, 0.25) is 0 Å². The monoisotopic (exact) mass is 373 g/mol. The van der Waals surface area contributed by atoms with Crippen molar-refractivity contribution in [1.29, 1.82) is 0 Å². The Labute approximate surface area is 164 Å². The van der Waals surface area contributed by atoms with Gasteiger partial charge in [-0.15, -0.1) is 0 Å². The fraction of sp³-hybridized carbons (Fsp3) is 0.318. The summed E-state index contributed by atoms with van der Waals surface area (Å²) >= 11 is 0. The topological polar surface area (TPSA) is 63.1 Å². The molecule has 2 aromatic heterocycles. The van der Waals surface area contributed by atoms with E-state index in [4.69, 9.17) is 5.10 Å². The third-order valence-corrected chi connectivity index (χ3v) is 5.71. The Balaban J connectivity index is 1.53. The third kappa shape index (κ3) is 2.90. The highest BCUT2D eigenvalue weighted by atomic mass is 16.2. The summed E-state index contributed by atoms with van der Waals surface area (Å²) in [7, 11) is 0. The van der Waals surface area contributed by atoms with E-state index in [1.165, 1.54) is 5.69 Å². The number of pyridine rings is 1. The Morgan fingerprint density at radius 1 is 1.11 bits per heavy atom. The van der Waals surface area contributed by atoms with Crippen LogP contribution in [0.1, 0.15) is 39.8 Å². The number of para-hydroxylation sites is 1. The lowest BCUT2D eigenvalue weighted by Gasteiger charge is -2.36. The predicted octanol–water partition coefficient (Wildman–Crippen LogP) is 2.54. The van der Waals surface area contributed by atoms with E-state index in [-0.39, 0.29) is 11.9 Å². The van der Waals surface area contributed by atoms with Crippen LogP contribution in [0.5, 0.6) is 0 Å². The smallest absolute Gasteiger partial charge is 0.275 e. The number of piperazine rings is 1. The summed E-state index contributed by atoms with van der Waals surface area (Å²) in [5.41, 5.74) is 5.00. The van der Waals surface area contributed by atoms with E-state index in [1.807, 2.05) is 58.2 Å². The Kier molecular flexibility index (Phi) is 4.41. The predicted molar refractivity (Wildman–Crippen MR) is 106 cm³/mol. The molecule has 1 aliphatic heterocycles. The molecule has 1 fully saturated rings. The fourth-order valence-electron chi connectivity index (χ4n) is 4.35. The minimum atomic E-state index is -0.0196. The maximum atomic E-state index is 13.6. The van der Waals surface area contributed by atoms with Gasteiger partial charge in [0.05, 0.1) is 11.7 Å². The first-order valence-electron chi connectivity index (χ1n) is 9.91. The van der Waals surface area contributed by atoms with Crippen LogP contribution in [0.15, 0.2) is 54.9 Å². The molecule has 5 rings (SSSR count). The molecule has 3 heterocycles. The van der Waals surface area contributed by atoms with Crippen molar-refractivity contribution < 1.29 is 4.79 Å². The molecule has 1 aliphatic carbocycles. The first-order valence-corrected chi connectivity index (χ1v) is 9.91. The van der Waals surface area contributed by atoms with E-state index in [0.717, 1.165) is 49.2 Å². The molecule has 1 atom stereocenters. The van der Waals surface area contributed by atoms with Crippen molar-refractivity contribution >= 4 is 5.91 Å². The molecule has 0 spiro atoms. The fourth-order valence-corrected chi connectivity index (χ4v) is 4.35. The summed E-state index contributed by atoms with van der Waals surface area (Å²) in [4.78, 5) is 19.8. The van der Waals surface area contributed by atoms with Crippen LogP contribution < -0.4 is 5.32 Å². The van der Waals surface area contributed by atoms with Crippen LogP contribution in [-0.2, 0) is 12.8 Å². The summed E-state index contributed by atoms with van der Waals surface area (Å²) in [6, 6.07) is 14.1. The number of hydrogen-bond acceptors (Lipinski definition) is 4. The van der Waals surface area contributed by atoms with Crippen LogP contribution in [0, 0.1) is 0 Å². The van der Waals surface area contributed by atoms with Gasteiger partial charge < -0.3 is 10.2 Å². The van der Waals surface area contributed by atoms with Gasteiger partial charge in [-0.1, -0.05) is 24.3 Å². The number of carbonyl (C=O) groups is 1. The van der Waals surface area contributed by atoms with Crippen LogP contribution >= 0.6 is 0 Å². The van der Waals surface area contributed by atoms with Gasteiger partial charge in [0, 0.05) is 43.3 Å². The normalized spacial score (nSPS) is 18.9. The number of amides is 1. The lowest BCUT2D eigenvalue weighted by atomic mass is 10.0. The standard InChI is InChI=1S/C22H23N5O/c28-22(26-13-12-24-15-20(26)16-6-5-11-23-14-16)21-18-9-4-10-19(18)27(25-21)17-7-2-1-3-8-17/h1-3,5-8,11,14,20,24H,4,9-10,12-13,15H2. The van der Waals surface area contributed by atoms with Gasteiger partial charge in [0.25, 0.3) is 5.91 Å². The Bertz CT molecular complexity index is 983. The molecule has 0 bridgehead atoms. The van der Waals surface area contributed by atoms with E-state index in [2.05, 4.69) is 10.3 Å². The summed E-state index contributed by atoms with van der Waals surface area (Å²) in [5, 5.41) is 8.20. The van der Waals surface area contributed by atoms with Crippen molar-refractivity contribution in [1.82, 2.24) is 25.0 Å². The quantitative estimate of drug-likeness (QED) is 0.766. The first kappa shape index (κ1) is 17.1. The van der Waals surface area contributed by atoms with Crippen molar-refractivity contribution in [3.63, 3.8) is 0 Å². The Morgan fingerprint density at radius 2 is 2.00 bits per heavy atom. The van der Waals surface area contributed by atoms with Gasteiger partial charge in [0.15, 0.2) is 5.69 Å². The van der Waals surface area contributed by atoms with E-state index >= 15 is 0 Å². The molecule has 0 saturated carbocycles. The molecule has 142 valence electrons. The molecule has 3 aromatic rings. The average molecular weight is 373 g/mol. The molecule has 6 heteroatoms. The molecule has 1 aromatic carbocycles. The number of nitrogens with zero attached hydrogens (tertiary/aromatic N) is 4. The summed E-state index contributed by atoms with van der Waals surface area (Å²) < 4.78 is 1.97. The number of aromatic nitrogens is 3. The minimum Gasteiger partial charge on any atom is -0.328 e. The zero-order chi connectivity index (χ0) is 18.9. The SMILES string of the molecule is O=C(c1nn(-c2ccccc2)c2c1CCC2)N1CCNCC1c1cccnc1. The van der Waals surface area contributed by atoms with Crippen LogP contribution in [0.4, 0.5) is 0 Å². The molecule has 1 saturated heterocycles. The lowest BCUT2D eigenvalue weighted by molar-refractivity contribution is 0.0626. The highest BCUT2D eigenvalue weighted by molar-refractivity contribution is 5.94. The second-order valence-corrected chi connectivity index (χ2v) is 7.38. The average Bonchev–Trinajstić information content (AvgIpc) is 3.37. The summed E-state index contributed by atoms with van der Waals surface area (Å²) in [5.74, 6) is 0.0307. The lowest BCUT2D eigenvalue weighted by Crippen LogP contribution is -2.49. The second kappa shape index (κ2) is 7.20.